The zero-order chi connectivity index (χ0) is 13.6. The van der Waals surface area contributed by atoms with Crippen LogP contribution in [0.25, 0.3) is 0 Å². The van der Waals surface area contributed by atoms with Gasteiger partial charge in [-0.15, -0.1) is 0 Å². The van der Waals surface area contributed by atoms with Gasteiger partial charge in [0, 0.05) is 18.4 Å². The number of hydrogen-bond donors (Lipinski definition) is 0. The standard InChI is InChI=1S/C7H8BrN/c1-5-3-4-7(8)6(2)9-5/h3-4H,1-2H3/i1D3,2D3,3D,4D. The lowest BCUT2D eigenvalue weighted by molar-refractivity contribution is 1.11. The molecule has 1 rings (SSSR count). The summed E-state index contributed by atoms with van der Waals surface area (Å²) < 4.78 is 57.8. The SMILES string of the molecule is [2H]c1c(C([2H])([2H])[2H])nc(C([2H])([2H])[2H])c(Br)c1[2H]. The van der Waals surface area contributed by atoms with Crippen LogP contribution in [0.1, 0.15) is 22.4 Å². The normalized spacial score (nSPS) is 25.4. The highest BCUT2D eigenvalue weighted by Crippen LogP contribution is 2.12. The first kappa shape index (κ1) is 1.82. The Bertz CT molecular complexity index is 410. The Labute approximate surface area is 74.5 Å². The Morgan fingerprint density at radius 1 is 1.67 bits per heavy atom. The van der Waals surface area contributed by atoms with Crippen molar-refractivity contribution in [1.82, 2.24) is 4.98 Å². The minimum atomic E-state index is -2.71. The van der Waals surface area contributed by atoms with Crippen molar-refractivity contribution in [3.8, 4) is 0 Å². The van der Waals surface area contributed by atoms with Gasteiger partial charge >= 0.3 is 0 Å². The maximum atomic E-state index is 7.51. The highest BCUT2D eigenvalue weighted by atomic mass is 79.9. The Hall–Kier alpha value is -0.370. The molecule has 0 atom stereocenters. The van der Waals surface area contributed by atoms with Crippen molar-refractivity contribution >= 4 is 15.9 Å². The fourth-order valence-electron chi connectivity index (χ4n) is 0.362. The molecule has 0 aromatic carbocycles. The van der Waals surface area contributed by atoms with E-state index in [1.54, 1.807) is 0 Å². The Balaban J connectivity index is 3.63. The lowest BCUT2D eigenvalue weighted by Crippen LogP contribution is -1.84. The van der Waals surface area contributed by atoms with Crippen LogP contribution in [0.2, 0.25) is 0 Å². The lowest BCUT2D eigenvalue weighted by Gasteiger charge is -1.95. The third-order valence-corrected chi connectivity index (χ3v) is 1.30. The molecule has 2 heteroatoms. The number of nitrogens with zero attached hydrogens (tertiary/aromatic N) is 1. The van der Waals surface area contributed by atoms with E-state index in [1.165, 1.54) is 0 Å². The zero-order valence-corrected chi connectivity index (χ0v) is 5.91. The highest BCUT2D eigenvalue weighted by Gasteiger charge is 1.92. The molecule has 48 valence electrons. The molecule has 0 radical (unpaired) electrons. The second-order valence-corrected chi connectivity index (χ2v) is 2.17. The molecule has 9 heavy (non-hydrogen) atoms. The van der Waals surface area contributed by atoms with E-state index in [0.29, 0.717) is 0 Å². The summed E-state index contributed by atoms with van der Waals surface area (Å²) in [5, 5.41) is 0. The van der Waals surface area contributed by atoms with Gasteiger partial charge < -0.3 is 0 Å². The summed E-state index contributed by atoms with van der Waals surface area (Å²) >= 11 is 2.85. The van der Waals surface area contributed by atoms with Gasteiger partial charge in [0.1, 0.15) is 0 Å². The summed E-state index contributed by atoms with van der Waals surface area (Å²) in [5.41, 5.74) is -1.18. The van der Waals surface area contributed by atoms with E-state index >= 15 is 0 Å². The molecule has 1 aromatic heterocycles. The van der Waals surface area contributed by atoms with Crippen molar-refractivity contribution < 1.29 is 11.0 Å². The van der Waals surface area contributed by atoms with Crippen molar-refractivity contribution in [2.24, 2.45) is 0 Å². The Morgan fingerprint density at radius 3 is 3.22 bits per heavy atom. The molecule has 0 aliphatic carbocycles. The van der Waals surface area contributed by atoms with E-state index < -0.39 is 37.2 Å². The van der Waals surface area contributed by atoms with Crippen molar-refractivity contribution in [3.63, 3.8) is 0 Å². The number of halogens is 1. The second-order valence-electron chi connectivity index (χ2n) is 1.37. The van der Waals surface area contributed by atoms with Crippen LogP contribution in [0, 0.1) is 13.7 Å². The van der Waals surface area contributed by atoms with Crippen LogP contribution < -0.4 is 0 Å². The molecule has 0 saturated heterocycles. The number of rotatable bonds is 0. The first-order valence-corrected chi connectivity index (χ1v) is 2.93. The quantitative estimate of drug-likeness (QED) is 0.618. The molecule has 0 aliphatic rings. The maximum Gasteiger partial charge on any atom is 0.0642 e. The number of hydrogen-bond acceptors (Lipinski definition) is 1. The van der Waals surface area contributed by atoms with Gasteiger partial charge in [-0.3, -0.25) is 4.98 Å². The summed E-state index contributed by atoms with van der Waals surface area (Å²) in [6.45, 7) is -5.35. The zero-order valence-electron chi connectivity index (χ0n) is 12.3. The third kappa shape index (κ3) is 1.52. The van der Waals surface area contributed by atoms with Crippen LogP contribution in [0.15, 0.2) is 16.6 Å². The maximum absolute atomic E-state index is 7.51. The van der Waals surface area contributed by atoms with Gasteiger partial charge in [-0.25, -0.2) is 0 Å². The largest absolute Gasteiger partial charge is 0.257 e. The van der Waals surface area contributed by atoms with Gasteiger partial charge in [0.15, 0.2) is 0 Å². The smallest absolute Gasteiger partial charge is 0.0642 e. The number of pyridine rings is 1. The fourth-order valence-corrected chi connectivity index (χ4v) is 0.550. The van der Waals surface area contributed by atoms with Gasteiger partial charge in [0.25, 0.3) is 0 Å². The van der Waals surface area contributed by atoms with Crippen LogP contribution in [0.3, 0.4) is 0 Å². The van der Waals surface area contributed by atoms with Crippen LogP contribution in [-0.2, 0) is 0 Å². The molecule has 1 heterocycles. The summed E-state index contributed by atoms with van der Waals surface area (Å²) in [4.78, 5) is 3.50. The molecule has 0 N–H and O–H groups in total. The average molecular weight is 194 g/mol. The molecule has 1 aromatic rings. The van der Waals surface area contributed by atoms with Crippen LogP contribution in [0.4, 0.5) is 0 Å². The molecular formula is C7H8BrN. The molecule has 0 saturated carbocycles. The van der Waals surface area contributed by atoms with E-state index in [-0.39, 0.29) is 4.47 Å². The van der Waals surface area contributed by atoms with Crippen molar-refractivity contribution in [3.05, 3.63) is 27.9 Å². The van der Waals surface area contributed by atoms with Crippen LogP contribution >= 0.6 is 15.9 Å². The topological polar surface area (TPSA) is 12.9 Å². The van der Waals surface area contributed by atoms with E-state index in [4.69, 9.17) is 11.0 Å². The van der Waals surface area contributed by atoms with Crippen molar-refractivity contribution in [2.45, 2.75) is 13.7 Å². The van der Waals surface area contributed by atoms with Crippen LogP contribution in [-0.4, -0.2) is 4.98 Å². The summed E-state index contributed by atoms with van der Waals surface area (Å²) in [6.07, 6.45) is 0. The van der Waals surface area contributed by atoms with Crippen molar-refractivity contribution in [1.29, 1.82) is 0 Å². The van der Waals surface area contributed by atoms with Gasteiger partial charge in [0.05, 0.1) is 8.44 Å². The molecule has 0 spiro atoms. The molecule has 0 bridgehead atoms. The molecule has 0 unspecified atom stereocenters. The molecule has 0 amide bonds. The summed E-state index contributed by atoms with van der Waals surface area (Å²) in [5.74, 6) is 0. The van der Waals surface area contributed by atoms with E-state index in [1.807, 2.05) is 0 Å². The average Bonchev–Trinajstić information content (AvgIpc) is 2.10. The van der Waals surface area contributed by atoms with Gasteiger partial charge in [-0.2, -0.15) is 0 Å². The predicted molar refractivity (Wildman–Crippen MR) is 41.4 cm³/mol. The monoisotopic (exact) mass is 193 g/mol. The minimum Gasteiger partial charge on any atom is -0.257 e. The summed E-state index contributed by atoms with van der Waals surface area (Å²) in [6, 6.07) is -1.08. The number of aryl methyl sites for hydroxylation is 2. The molecule has 0 fully saturated rings. The van der Waals surface area contributed by atoms with Gasteiger partial charge in [0.2, 0.25) is 0 Å². The number of aromatic nitrogens is 1. The first-order chi connectivity index (χ1) is 7.46. The van der Waals surface area contributed by atoms with Crippen molar-refractivity contribution in [2.75, 3.05) is 0 Å². The lowest BCUT2D eigenvalue weighted by atomic mass is 10.3. The summed E-state index contributed by atoms with van der Waals surface area (Å²) in [7, 11) is 0. The molecular weight excluding hydrogens is 178 g/mol. The predicted octanol–water partition coefficient (Wildman–Crippen LogP) is 2.46. The molecule has 0 aliphatic heterocycles. The van der Waals surface area contributed by atoms with Crippen LogP contribution in [0.5, 0.6) is 0 Å². The third-order valence-electron chi connectivity index (χ3n) is 0.722. The fraction of sp³-hybridized carbons (Fsp3) is 0.286. The minimum absolute atomic E-state index is 0.171. The van der Waals surface area contributed by atoms with Gasteiger partial charge in [-0.1, -0.05) is 0 Å². The molecule has 1 nitrogen and oxygen atoms in total. The van der Waals surface area contributed by atoms with Gasteiger partial charge in [-0.05, 0) is 41.7 Å². The second kappa shape index (κ2) is 2.48. The Morgan fingerprint density at radius 2 is 2.56 bits per heavy atom. The Kier molecular flexibility index (Phi) is 0.501. The van der Waals surface area contributed by atoms with E-state index in [2.05, 4.69) is 20.9 Å². The highest BCUT2D eigenvalue weighted by molar-refractivity contribution is 9.10. The first-order valence-electron chi connectivity index (χ1n) is 6.14. The van der Waals surface area contributed by atoms with E-state index in [9.17, 15) is 0 Å². The van der Waals surface area contributed by atoms with E-state index in [0.717, 1.165) is 0 Å².